The Morgan fingerprint density at radius 3 is 1.35 bits per heavy atom. The van der Waals surface area contributed by atoms with Crippen LogP contribution in [0.5, 0.6) is 0 Å². The van der Waals surface area contributed by atoms with E-state index in [2.05, 4.69) is 65.8 Å². The van der Waals surface area contributed by atoms with Gasteiger partial charge in [-0.05, 0) is 93.9 Å². The van der Waals surface area contributed by atoms with E-state index < -0.39 is 18.3 Å². The molecule has 0 bridgehead atoms. The number of allylic oxidation sites excluding steroid dienone is 20. The van der Waals surface area contributed by atoms with Crippen molar-refractivity contribution < 1.29 is 33.4 Å². The zero-order chi connectivity index (χ0) is 44.0. The summed E-state index contributed by atoms with van der Waals surface area (Å²) in [4.78, 5) is 55.2. The molecule has 4 rings (SSSR count). The third-order valence-electron chi connectivity index (χ3n) is 11.6. The highest BCUT2D eigenvalue weighted by atomic mass is 16.6. The summed E-state index contributed by atoms with van der Waals surface area (Å²) >= 11 is 0. The van der Waals surface area contributed by atoms with Gasteiger partial charge in [0.1, 0.15) is 0 Å². The molecule has 2 saturated heterocycles. The van der Waals surface area contributed by atoms with E-state index in [0.29, 0.717) is 63.4 Å². The van der Waals surface area contributed by atoms with Gasteiger partial charge < -0.3 is 24.0 Å². The van der Waals surface area contributed by atoms with Crippen LogP contribution in [0, 0.1) is 10.8 Å². The molecule has 60 heavy (non-hydrogen) atoms. The van der Waals surface area contributed by atoms with Crippen molar-refractivity contribution in [2.45, 2.75) is 114 Å². The van der Waals surface area contributed by atoms with Crippen LogP contribution in [0.3, 0.4) is 0 Å². The molecule has 2 amide bonds. The number of carbonyl (C=O) groups is 4. The van der Waals surface area contributed by atoms with Crippen LogP contribution in [0.2, 0.25) is 0 Å². The number of carbonyl (C=O) groups excluding carboxylic acids is 4. The number of nitrogens with zero attached hydrogens (tertiary/aromatic N) is 2. The van der Waals surface area contributed by atoms with E-state index in [1.54, 1.807) is 9.80 Å². The molecule has 0 spiro atoms. The first-order valence-corrected chi connectivity index (χ1v) is 21.5. The summed E-state index contributed by atoms with van der Waals surface area (Å²) in [5, 5.41) is 0. The molecule has 2 unspecified atom stereocenters. The average molecular weight is 821 g/mol. The lowest BCUT2D eigenvalue weighted by Crippen LogP contribution is -2.45. The van der Waals surface area contributed by atoms with Gasteiger partial charge in [0.15, 0.2) is 23.8 Å². The van der Waals surface area contributed by atoms with Crippen LogP contribution >= 0.6 is 0 Å². The minimum atomic E-state index is -0.787. The summed E-state index contributed by atoms with van der Waals surface area (Å²) in [6.45, 7) is 23.5. The molecule has 4 aliphatic rings. The lowest BCUT2D eigenvalue weighted by atomic mass is 9.71. The standard InChI is InChI=1S/C51H68N2O7/c1-36(20-16-22-38(3)24-26-42-40(5)46(54)44(34-50(42,7)8)59-48(56)52-28-14-11-15-29-52)18-12-13-19-37(2)21-17-23-39(4)25-27-43-41(6)47(55)45(35-51(43,9)10)60-49(57)53-30-32-58-33-31-53/h12-13,16-27,44-45H,11,14-15,28-35H2,1-10H3/b13-12+,20-16+,21-17+,26-24+,27-25+,36-18+,37-19+,38-22+,39-23+. The SMILES string of the molecule is CC1=C(/C=C/C(C)=C/C=C/C(C)=C/C=C/C=C(C)/C=C/C=C(C)/C=C/C2=C(C)C(=O)C(OC(=O)N3CCOCC3)CC2(C)C)C(C)(C)CC(OC(=O)N2CCCCC2)C1=O. The molecule has 9 heteroatoms. The molecule has 0 aromatic heterocycles. The largest absolute Gasteiger partial charge is 0.438 e. The third kappa shape index (κ3) is 13.8. The van der Waals surface area contributed by atoms with Crippen molar-refractivity contribution in [2.75, 3.05) is 39.4 Å². The summed E-state index contributed by atoms with van der Waals surface area (Å²) in [7, 11) is 0. The molecule has 2 aliphatic carbocycles. The second-order valence-electron chi connectivity index (χ2n) is 17.8. The molecule has 2 heterocycles. The molecule has 0 aromatic carbocycles. The number of rotatable bonds is 12. The van der Waals surface area contributed by atoms with Crippen LogP contribution in [0.15, 0.2) is 130 Å². The second-order valence-corrected chi connectivity index (χ2v) is 17.8. The van der Waals surface area contributed by atoms with Crippen LogP contribution in [0.25, 0.3) is 0 Å². The van der Waals surface area contributed by atoms with Crippen LogP contribution < -0.4 is 0 Å². The van der Waals surface area contributed by atoms with Crippen LogP contribution in [-0.4, -0.2) is 85.2 Å². The summed E-state index contributed by atoms with van der Waals surface area (Å²) in [6, 6.07) is 0. The first kappa shape index (κ1) is 47.7. The summed E-state index contributed by atoms with van der Waals surface area (Å²) in [5.74, 6) is -0.249. The van der Waals surface area contributed by atoms with Gasteiger partial charge in [0.25, 0.3) is 0 Å². The number of amides is 2. The molecule has 0 N–H and O–H groups in total. The number of hydrogen-bond acceptors (Lipinski definition) is 7. The highest BCUT2D eigenvalue weighted by molar-refractivity contribution is 6.02. The molecule has 9 nitrogen and oxygen atoms in total. The van der Waals surface area contributed by atoms with Crippen molar-refractivity contribution in [2.24, 2.45) is 10.8 Å². The van der Waals surface area contributed by atoms with Crippen LogP contribution in [-0.2, 0) is 23.8 Å². The normalized spacial score (nSPS) is 24.0. The molecule has 324 valence electrons. The zero-order valence-corrected chi connectivity index (χ0v) is 37.8. The zero-order valence-electron chi connectivity index (χ0n) is 37.8. The maximum atomic E-state index is 13.2. The van der Waals surface area contributed by atoms with Crippen LogP contribution in [0.4, 0.5) is 9.59 Å². The van der Waals surface area contributed by atoms with Gasteiger partial charge in [-0.25, -0.2) is 9.59 Å². The lowest BCUT2D eigenvalue weighted by molar-refractivity contribution is -0.127. The second kappa shape index (κ2) is 22.0. The number of morpholine rings is 1. The minimum Gasteiger partial charge on any atom is -0.438 e. The number of piperidine rings is 1. The number of ether oxygens (including phenoxy) is 3. The Kier molecular flexibility index (Phi) is 17.5. The van der Waals surface area contributed by atoms with Gasteiger partial charge in [-0.1, -0.05) is 135 Å². The van der Waals surface area contributed by atoms with Gasteiger partial charge in [-0.2, -0.15) is 0 Å². The van der Waals surface area contributed by atoms with E-state index in [1.807, 2.05) is 88.5 Å². The van der Waals surface area contributed by atoms with E-state index in [4.69, 9.17) is 14.2 Å². The smallest absolute Gasteiger partial charge is 0.410 e. The predicted molar refractivity (Wildman–Crippen MR) is 241 cm³/mol. The van der Waals surface area contributed by atoms with E-state index in [9.17, 15) is 19.2 Å². The Labute approximate surface area is 359 Å². The molecule has 0 saturated carbocycles. The number of Topliss-reactive ketones (excluding diaryl/α,β-unsaturated/α-hetero) is 2. The lowest BCUT2D eigenvalue weighted by Gasteiger charge is -2.37. The van der Waals surface area contributed by atoms with Crippen molar-refractivity contribution in [1.29, 1.82) is 0 Å². The monoisotopic (exact) mass is 821 g/mol. The fourth-order valence-corrected chi connectivity index (χ4v) is 7.97. The van der Waals surface area contributed by atoms with Crippen molar-refractivity contribution in [3.8, 4) is 0 Å². The van der Waals surface area contributed by atoms with Gasteiger partial charge in [0.2, 0.25) is 0 Å². The van der Waals surface area contributed by atoms with Gasteiger partial charge >= 0.3 is 12.2 Å². The van der Waals surface area contributed by atoms with Crippen molar-refractivity contribution >= 4 is 23.8 Å². The molecule has 2 fully saturated rings. The highest BCUT2D eigenvalue weighted by Gasteiger charge is 2.42. The maximum absolute atomic E-state index is 13.2. The molecule has 2 aliphatic heterocycles. The first-order valence-electron chi connectivity index (χ1n) is 21.5. The van der Waals surface area contributed by atoms with Gasteiger partial charge in [-0.15, -0.1) is 0 Å². The number of hydrogen-bond donors (Lipinski definition) is 0. The van der Waals surface area contributed by atoms with Crippen LogP contribution in [0.1, 0.15) is 101 Å². The Bertz CT molecular complexity index is 1820. The summed E-state index contributed by atoms with van der Waals surface area (Å²) in [5.41, 5.74) is 6.87. The molecular weight excluding hydrogens is 753 g/mol. The van der Waals surface area contributed by atoms with Crippen molar-refractivity contribution in [3.05, 3.63) is 130 Å². The fraction of sp³-hybridized carbons (Fsp3) is 0.490. The van der Waals surface area contributed by atoms with Crippen molar-refractivity contribution in [3.63, 3.8) is 0 Å². The Hall–Kier alpha value is -5.02. The summed E-state index contributed by atoms with van der Waals surface area (Å²) in [6.07, 6.45) is 30.1. The molecular formula is C51H68N2O7. The van der Waals surface area contributed by atoms with E-state index in [1.165, 1.54) is 0 Å². The average Bonchev–Trinajstić information content (AvgIpc) is 3.20. The van der Waals surface area contributed by atoms with Gasteiger partial charge in [0, 0.05) is 39.0 Å². The Morgan fingerprint density at radius 1 is 0.567 bits per heavy atom. The van der Waals surface area contributed by atoms with E-state index in [-0.39, 0.29) is 28.5 Å². The number of likely N-dealkylation sites (tertiary alicyclic amines) is 1. The highest BCUT2D eigenvalue weighted by Crippen LogP contribution is 2.42. The van der Waals surface area contributed by atoms with Crippen molar-refractivity contribution in [1.82, 2.24) is 9.80 Å². The third-order valence-corrected chi connectivity index (χ3v) is 11.6. The minimum absolute atomic E-state index is 0.110. The molecule has 0 aromatic rings. The molecule has 0 radical (unpaired) electrons. The predicted octanol–water partition coefficient (Wildman–Crippen LogP) is 11.0. The van der Waals surface area contributed by atoms with Gasteiger partial charge in [0.05, 0.1) is 13.2 Å². The Morgan fingerprint density at radius 2 is 0.933 bits per heavy atom. The quantitative estimate of drug-likeness (QED) is 0.181. The summed E-state index contributed by atoms with van der Waals surface area (Å²) < 4.78 is 16.7. The fourth-order valence-electron chi connectivity index (χ4n) is 7.97. The first-order chi connectivity index (χ1) is 28.4. The topological polar surface area (TPSA) is 102 Å². The number of ketones is 2. The van der Waals surface area contributed by atoms with E-state index >= 15 is 0 Å². The van der Waals surface area contributed by atoms with E-state index in [0.717, 1.165) is 52.7 Å². The Balaban J connectivity index is 1.27. The van der Waals surface area contributed by atoms with Gasteiger partial charge in [-0.3, -0.25) is 9.59 Å². The maximum Gasteiger partial charge on any atom is 0.410 e. The molecule has 2 atom stereocenters.